The van der Waals surface area contributed by atoms with Gasteiger partial charge < -0.3 is 9.64 Å². The third kappa shape index (κ3) is 4.66. The van der Waals surface area contributed by atoms with Gasteiger partial charge in [-0.15, -0.1) is 0 Å². The highest BCUT2D eigenvalue weighted by Crippen LogP contribution is 2.24. The Bertz CT molecular complexity index is 705. The maximum Gasteiger partial charge on any atom is 0.263 e. The molecule has 1 unspecified atom stereocenters. The van der Waals surface area contributed by atoms with Crippen molar-refractivity contribution in [2.75, 3.05) is 13.1 Å². The van der Waals surface area contributed by atoms with Gasteiger partial charge in [-0.1, -0.05) is 55.5 Å². The van der Waals surface area contributed by atoms with Crippen LogP contribution in [0.15, 0.2) is 54.6 Å². The summed E-state index contributed by atoms with van der Waals surface area (Å²) in [7, 11) is 0. The molecule has 0 radical (unpaired) electrons. The van der Waals surface area contributed by atoms with E-state index < -0.39 is 0 Å². The van der Waals surface area contributed by atoms with E-state index in [9.17, 15) is 4.79 Å². The molecule has 26 heavy (non-hydrogen) atoms. The Balaban J connectivity index is 1.54. The van der Waals surface area contributed by atoms with E-state index in [0.717, 1.165) is 43.7 Å². The molecule has 1 heterocycles. The van der Waals surface area contributed by atoms with Gasteiger partial charge >= 0.3 is 0 Å². The summed E-state index contributed by atoms with van der Waals surface area (Å²) < 4.78 is 6.04. The summed E-state index contributed by atoms with van der Waals surface area (Å²) in [5, 5.41) is 0. The molecule has 1 aliphatic rings. The molecule has 1 amide bonds. The standard InChI is InChI=1S/C23H29NO2/c1-3-21(26-22-12-8-7-9-18(22)2)23(25)24-15-13-20(14-16-24)17-19-10-5-4-6-11-19/h4-12,20-21H,3,13-17H2,1-2H3. The first-order valence-corrected chi connectivity index (χ1v) is 9.72. The maximum atomic E-state index is 12.9. The Labute approximate surface area is 157 Å². The molecule has 1 saturated heterocycles. The second kappa shape index (κ2) is 8.88. The molecule has 0 bridgehead atoms. The van der Waals surface area contributed by atoms with E-state index in [-0.39, 0.29) is 12.0 Å². The number of nitrogens with zero attached hydrogens (tertiary/aromatic N) is 1. The van der Waals surface area contributed by atoms with Crippen molar-refractivity contribution in [3.8, 4) is 5.75 Å². The third-order valence-corrected chi connectivity index (χ3v) is 5.30. The van der Waals surface area contributed by atoms with Crippen molar-refractivity contribution in [3.63, 3.8) is 0 Å². The van der Waals surface area contributed by atoms with Gasteiger partial charge in [0.15, 0.2) is 6.10 Å². The van der Waals surface area contributed by atoms with Crippen LogP contribution in [0.25, 0.3) is 0 Å². The number of benzene rings is 2. The smallest absolute Gasteiger partial charge is 0.263 e. The van der Waals surface area contributed by atoms with Crippen molar-refractivity contribution in [2.24, 2.45) is 5.92 Å². The fourth-order valence-electron chi connectivity index (χ4n) is 3.66. The van der Waals surface area contributed by atoms with E-state index in [0.29, 0.717) is 12.3 Å². The normalized spacial score (nSPS) is 16.3. The van der Waals surface area contributed by atoms with E-state index >= 15 is 0 Å². The highest BCUT2D eigenvalue weighted by atomic mass is 16.5. The summed E-state index contributed by atoms with van der Waals surface area (Å²) in [6, 6.07) is 18.5. The summed E-state index contributed by atoms with van der Waals surface area (Å²) in [5.74, 6) is 1.61. The lowest BCUT2D eigenvalue weighted by Crippen LogP contribution is -2.45. The fourth-order valence-corrected chi connectivity index (χ4v) is 3.66. The van der Waals surface area contributed by atoms with Crippen molar-refractivity contribution in [3.05, 3.63) is 65.7 Å². The lowest BCUT2D eigenvalue weighted by molar-refractivity contribution is -0.140. The zero-order chi connectivity index (χ0) is 18.4. The number of likely N-dealkylation sites (tertiary alicyclic amines) is 1. The largest absolute Gasteiger partial charge is 0.480 e. The Kier molecular flexibility index (Phi) is 6.32. The predicted octanol–water partition coefficient (Wildman–Crippen LogP) is 4.63. The van der Waals surface area contributed by atoms with Crippen LogP contribution in [0.4, 0.5) is 0 Å². The molecule has 3 rings (SSSR count). The van der Waals surface area contributed by atoms with Crippen LogP contribution >= 0.6 is 0 Å². The number of carbonyl (C=O) groups is 1. The van der Waals surface area contributed by atoms with Gasteiger partial charge in [-0.2, -0.15) is 0 Å². The van der Waals surface area contributed by atoms with Gasteiger partial charge in [0.1, 0.15) is 5.75 Å². The number of aryl methyl sites for hydroxylation is 1. The van der Waals surface area contributed by atoms with Crippen molar-refractivity contribution in [1.82, 2.24) is 4.90 Å². The highest BCUT2D eigenvalue weighted by molar-refractivity contribution is 5.81. The molecular weight excluding hydrogens is 322 g/mol. The lowest BCUT2D eigenvalue weighted by atomic mass is 9.90. The minimum atomic E-state index is -0.387. The SMILES string of the molecule is CCC(Oc1ccccc1C)C(=O)N1CCC(Cc2ccccc2)CC1. The highest BCUT2D eigenvalue weighted by Gasteiger charge is 2.28. The van der Waals surface area contributed by atoms with Gasteiger partial charge in [-0.25, -0.2) is 0 Å². The van der Waals surface area contributed by atoms with Gasteiger partial charge in [-0.3, -0.25) is 4.79 Å². The summed E-state index contributed by atoms with van der Waals surface area (Å²) in [6.07, 6.45) is 3.56. The molecular formula is C23H29NO2. The first-order valence-electron chi connectivity index (χ1n) is 9.72. The van der Waals surface area contributed by atoms with Crippen LogP contribution in [-0.4, -0.2) is 30.0 Å². The van der Waals surface area contributed by atoms with Gasteiger partial charge in [0.2, 0.25) is 0 Å². The summed E-state index contributed by atoms with van der Waals surface area (Å²) in [4.78, 5) is 14.9. The Morgan fingerprint density at radius 3 is 2.38 bits per heavy atom. The van der Waals surface area contributed by atoms with E-state index in [1.54, 1.807) is 0 Å². The molecule has 3 nitrogen and oxygen atoms in total. The molecule has 138 valence electrons. The average molecular weight is 351 g/mol. The van der Waals surface area contributed by atoms with Crippen LogP contribution in [-0.2, 0) is 11.2 Å². The lowest BCUT2D eigenvalue weighted by Gasteiger charge is -2.34. The average Bonchev–Trinajstić information content (AvgIpc) is 2.68. The third-order valence-electron chi connectivity index (χ3n) is 5.30. The number of hydrogen-bond acceptors (Lipinski definition) is 2. The number of para-hydroxylation sites is 1. The Hall–Kier alpha value is -2.29. The number of carbonyl (C=O) groups excluding carboxylic acids is 1. The van der Waals surface area contributed by atoms with Crippen LogP contribution in [0.5, 0.6) is 5.75 Å². The molecule has 1 aliphatic heterocycles. The molecule has 0 N–H and O–H groups in total. The van der Waals surface area contributed by atoms with Crippen LogP contribution in [0.2, 0.25) is 0 Å². The predicted molar refractivity (Wildman–Crippen MR) is 105 cm³/mol. The monoisotopic (exact) mass is 351 g/mol. The minimum Gasteiger partial charge on any atom is -0.480 e. The second-order valence-electron chi connectivity index (χ2n) is 7.24. The molecule has 2 aromatic carbocycles. The topological polar surface area (TPSA) is 29.5 Å². The van der Waals surface area contributed by atoms with Crippen LogP contribution in [0.3, 0.4) is 0 Å². The van der Waals surface area contributed by atoms with E-state index in [4.69, 9.17) is 4.74 Å². The number of piperidine rings is 1. The van der Waals surface area contributed by atoms with Gasteiger partial charge in [0.25, 0.3) is 5.91 Å². The van der Waals surface area contributed by atoms with Crippen LogP contribution in [0.1, 0.15) is 37.3 Å². The fraction of sp³-hybridized carbons (Fsp3) is 0.435. The van der Waals surface area contributed by atoms with Crippen LogP contribution < -0.4 is 4.74 Å². The molecule has 0 spiro atoms. The molecule has 2 aromatic rings. The Morgan fingerprint density at radius 1 is 1.08 bits per heavy atom. The zero-order valence-electron chi connectivity index (χ0n) is 15.9. The molecule has 0 aromatic heterocycles. The molecule has 1 atom stereocenters. The van der Waals surface area contributed by atoms with E-state index in [1.807, 2.05) is 43.0 Å². The van der Waals surface area contributed by atoms with Gasteiger partial charge in [-0.05, 0) is 55.7 Å². The Morgan fingerprint density at radius 2 is 1.73 bits per heavy atom. The van der Waals surface area contributed by atoms with Crippen molar-refractivity contribution < 1.29 is 9.53 Å². The summed E-state index contributed by atoms with van der Waals surface area (Å²) in [5.41, 5.74) is 2.46. The van der Waals surface area contributed by atoms with Crippen molar-refractivity contribution >= 4 is 5.91 Å². The molecule has 0 saturated carbocycles. The maximum absolute atomic E-state index is 12.9. The number of ether oxygens (including phenoxy) is 1. The second-order valence-corrected chi connectivity index (χ2v) is 7.24. The van der Waals surface area contributed by atoms with Crippen molar-refractivity contribution in [2.45, 2.75) is 45.6 Å². The molecule has 1 fully saturated rings. The van der Waals surface area contributed by atoms with Gasteiger partial charge in [0, 0.05) is 13.1 Å². The number of hydrogen-bond donors (Lipinski definition) is 0. The first-order chi connectivity index (χ1) is 12.7. The minimum absolute atomic E-state index is 0.133. The summed E-state index contributed by atoms with van der Waals surface area (Å²) >= 11 is 0. The molecule has 3 heteroatoms. The van der Waals surface area contributed by atoms with E-state index in [1.165, 1.54) is 5.56 Å². The quantitative estimate of drug-likeness (QED) is 0.759. The van der Waals surface area contributed by atoms with Crippen LogP contribution in [0, 0.1) is 12.8 Å². The molecule has 0 aliphatic carbocycles. The number of rotatable bonds is 6. The van der Waals surface area contributed by atoms with E-state index in [2.05, 4.69) is 30.3 Å². The number of amides is 1. The summed E-state index contributed by atoms with van der Waals surface area (Å²) in [6.45, 7) is 5.71. The van der Waals surface area contributed by atoms with Crippen molar-refractivity contribution in [1.29, 1.82) is 0 Å². The zero-order valence-corrected chi connectivity index (χ0v) is 15.9. The first kappa shape index (κ1) is 18.5. The van der Waals surface area contributed by atoms with Gasteiger partial charge in [0.05, 0.1) is 0 Å².